The Kier molecular flexibility index (Phi) is 4.70. The van der Waals surface area contributed by atoms with Crippen LogP contribution in [0.4, 0.5) is 5.95 Å². The van der Waals surface area contributed by atoms with Crippen LogP contribution in [0.15, 0.2) is 85.2 Å². The number of benzene rings is 2. The van der Waals surface area contributed by atoms with Crippen molar-refractivity contribution in [2.75, 3.05) is 5.32 Å². The quantitative estimate of drug-likeness (QED) is 0.592. The smallest absolute Gasteiger partial charge is 0.282 e. The maximum atomic E-state index is 12.9. The largest absolute Gasteiger partial charge is 0.350 e. The standard InChI is InChI=1S/C21H17N5O/c27-20(18-12-7-13-22-15-18)26-21(23-14-16-8-3-1-4-9-16)24-19(25-26)17-10-5-2-6-11-17/h1-13,15H,14H2,(H,23,24,25). The molecule has 6 heteroatoms. The third-order valence-corrected chi connectivity index (χ3v) is 4.03. The van der Waals surface area contributed by atoms with Crippen molar-refractivity contribution in [3.8, 4) is 11.4 Å². The van der Waals surface area contributed by atoms with Gasteiger partial charge in [-0.1, -0.05) is 60.7 Å². The summed E-state index contributed by atoms with van der Waals surface area (Å²) in [5, 5.41) is 7.65. The molecular weight excluding hydrogens is 338 g/mol. The minimum Gasteiger partial charge on any atom is -0.350 e. The van der Waals surface area contributed by atoms with E-state index in [2.05, 4.69) is 20.4 Å². The van der Waals surface area contributed by atoms with Crippen molar-refractivity contribution in [2.24, 2.45) is 0 Å². The van der Waals surface area contributed by atoms with E-state index in [0.717, 1.165) is 11.1 Å². The van der Waals surface area contributed by atoms with Crippen LogP contribution in [0.5, 0.6) is 0 Å². The van der Waals surface area contributed by atoms with Crippen molar-refractivity contribution >= 4 is 11.9 Å². The summed E-state index contributed by atoms with van der Waals surface area (Å²) in [5.41, 5.74) is 2.38. The molecule has 0 aliphatic carbocycles. The van der Waals surface area contributed by atoms with E-state index >= 15 is 0 Å². The van der Waals surface area contributed by atoms with Crippen molar-refractivity contribution in [1.29, 1.82) is 0 Å². The van der Waals surface area contributed by atoms with Gasteiger partial charge in [0.05, 0.1) is 5.56 Å². The lowest BCUT2D eigenvalue weighted by Gasteiger charge is -2.07. The van der Waals surface area contributed by atoms with Gasteiger partial charge in [-0.2, -0.15) is 9.67 Å². The Morgan fingerprint density at radius 1 is 0.926 bits per heavy atom. The van der Waals surface area contributed by atoms with Crippen LogP contribution in [0.2, 0.25) is 0 Å². The van der Waals surface area contributed by atoms with Gasteiger partial charge in [0.1, 0.15) is 0 Å². The fourth-order valence-corrected chi connectivity index (χ4v) is 2.67. The van der Waals surface area contributed by atoms with Crippen LogP contribution in [0.25, 0.3) is 11.4 Å². The lowest BCUT2D eigenvalue weighted by Crippen LogP contribution is -2.17. The molecular formula is C21H17N5O. The van der Waals surface area contributed by atoms with Crippen LogP contribution in [-0.4, -0.2) is 25.7 Å². The molecule has 2 heterocycles. The molecule has 0 atom stereocenters. The predicted octanol–water partition coefficient (Wildman–Crippen LogP) is 3.64. The van der Waals surface area contributed by atoms with E-state index in [1.807, 2.05) is 60.7 Å². The zero-order valence-corrected chi connectivity index (χ0v) is 14.5. The number of anilines is 1. The summed E-state index contributed by atoms with van der Waals surface area (Å²) >= 11 is 0. The first-order chi connectivity index (χ1) is 13.3. The highest BCUT2D eigenvalue weighted by atomic mass is 16.2. The van der Waals surface area contributed by atoms with E-state index in [1.165, 1.54) is 10.9 Å². The number of hydrogen-bond acceptors (Lipinski definition) is 5. The fraction of sp³-hybridized carbons (Fsp3) is 0.0476. The normalized spacial score (nSPS) is 10.5. The summed E-state index contributed by atoms with van der Waals surface area (Å²) in [6, 6.07) is 22.9. The zero-order chi connectivity index (χ0) is 18.5. The number of pyridine rings is 1. The third kappa shape index (κ3) is 3.74. The minimum atomic E-state index is -0.284. The maximum Gasteiger partial charge on any atom is 0.282 e. The van der Waals surface area contributed by atoms with E-state index in [4.69, 9.17) is 0 Å². The zero-order valence-electron chi connectivity index (χ0n) is 14.5. The van der Waals surface area contributed by atoms with Crippen LogP contribution in [0.1, 0.15) is 15.9 Å². The van der Waals surface area contributed by atoms with Gasteiger partial charge in [-0.25, -0.2) is 0 Å². The third-order valence-electron chi connectivity index (χ3n) is 4.03. The molecule has 0 bridgehead atoms. The minimum absolute atomic E-state index is 0.284. The molecule has 0 saturated heterocycles. The highest BCUT2D eigenvalue weighted by molar-refractivity contribution is 5.96. The van der Waals surface area contributed by atoms with Crippen molar-refractivity contribution in [3.05, 3.63) is 96.3 Å². The lowest BCUT2D eigenvalue weighted by atomic mass is 10.2. The van der Waals surface area contributed by atoms with E-state index < -0.39 is 0 Å². The maximum absolute atomic E-state index is 12.9. The summed E-state index contributed by atoms with van der Waals surface area (Å²) in [6.07, 6.45) is 3.15. The molecule has 6 nitrogen and oxygen atoms in total. The second kappa shape index (κ2) is 7.61. The van der Waals surface area contributed by atoms with E-state index in [0.29, 0.717) is 23.9 Å². The molecule has 4 aromatic rings. The fourth-order valence-electron chi connectivity index (χ4n) is 2.67. The van der Waals surface area contributed by atoms with Crippen LogP contribution in [0.3, 0.4) is 0 Å². The van der Waals surface area contributed by atoms with Crippen molar-refractivity contribution in [1.82, 2.24) is 19.7 Å². The molecule has 132 valence electrons. The van der Waals surface area contributed by atoms with E-state index in [1.54, 1.807) is 18.3 Å². The van der Waals surface area contributed by atoms with Crippen molar-refractivity contribution < 1.29 is 4.79 Å². The first-order valence-electron chi connectivity index (χ1n) is 8.56. The van der Waals surface area contributed by atoms with Crippen molar-refractivity contribution in [3.63, 3.8) is 0 Å². The molecule has 0 fully saturated rings. The summed E-state index contributed by atoms with van der Waals surface area (Å²) in [6.45, 7) is 0.536. The molecule has 0 amide bonds. The average Bonchev–Trinajstić information content (AvgIpc) is 3.18. The number of aromatic nitrogens is 4. The van der Waals surface area contributed by atoms with Gasteiger partial charge in [-0.15, -0.1) is 5.10 Å². The predicted molar refractivity (Wildman–Crippen MR) is 103 cm³/mol. The molecule has 0 saturated carbocycles. The van der Waals surface area contributed by atoms with Gasteiger partial charge in [0.2, 0.25) is 5.95 Å². The Morgan fingerprint density at radius 3 is 2.37 bits per heavy atom. The highest BCUT2D eigenvalue weighted by Crippen LogP contribution is 2.19. The van der Waals surface area contributed by atoms with Gasteiger partial charge < -0.3 is 5.32 Å². The average molecular weight is 355 g/mol. The molecule has 0 aliphatic rings. The lowest BCUT2D eigenvalue weighted by molar-refractivity contribution is 0.0947. The molecule has 0 radical (unpaired) electrons. The Labute approximate surface area is 156 Å². The van der Waals surface area contributed by atoms with Crippen LogP contribution in [-0.2, 0) is 6.54 Å². The summed E-state index contributed by atoms with van der Waals surface area (Å²) in [4.78, 5) is 21.5. The van der Waals surface area contributed by atoms with Gasteiger partial charge in [0.15, 0.2) is 5.82 Å². The number of hydrogen-bond donors (Lipinski definition) is 1. The number of rotatable bonds is 5. The second-order valence-corrected chi connectivity index (χ2v) is 5.92. The van der Waals surface area contributed by atoms with Crippen LogP contribution >= 0.6 is 0 Å². The summed E-state index contributed by atoms with van der Waals surface area (Å²) < 4.78 is 1.29. The molecule has 27 heavy (non-hydrogen) atoms. The monoisotopic (exact) mass is 355 g/mol. The SMILES string of the molecule is O=C(c1cccnc1)n1nc(-c2ccccc2)nc1NCc1ccccc1. The molecule has 4 rings (SSSR count). The summed E-state index contributed by atoms with van der Waals surface area (Å²) in [7, 11) is 0. The van der Waals surface area contributed by atoms with Gasteiger partial charge in [-0.3, -0.25) is 9.78 Å². The molecule has 0 unspecified atom stereocenters. The van der Waals surface area contributed by atoms with Gasteiger partial charge in [-0.05, 0) is 17.7 Å². The molecule has 2 aromatic heterocycles. The van der Waals surface area contributed by atoms with Crippen LogP contribution in [0, 0.1) is 0 Å². The first kappa shape index (κ1) is 16.7. The Bertz CT molecular complexity index is 1030. The van der Waals surface area contributed by atoms with Gasteiger partial charge in [0, 0.05) is 24.5 Å². The number of carbonyl (C=O) groups excluding carboxylic acids is 1. The van der Waals surface area contributed by atoms with Crippen molar-refractivity contribution in [2.45, 2.75) is 6.54 Å². The molecule has 0 aliphatic heterocycles. The Hall–Kier alpha value is -3.80. The summed E-state index contributed by atoms with van der Waals surface area (Å²) in [5.74, 6) is 0.600. The number of nitrogens with one attached hydrogen (secondary N) is 1. The Balaban J connectivity index is 1.69. The van der Waals surface area contributed by atoms with Gasteiger partial charge in [0.25, 0.3) is 5.91 Å². The van der Waals surface area contributed by atoms with Gasteiger partial charge >= 0.3 is 0 Å². The topological polar surface area (TPSA) is 72.7 Å². The van der Waals surface area contributed by atoms with Crippen LogP contribution < -0.4 is 5.32 Å². The first-order valence-corrected chi connectivity index (χ1v) is 8.56. The molecule has 2 aromatic carbocycles. The number of nitrogens with zero attached hydrogens (tertiary/aromatic N) is 4. The van der Waals surface area contributed by atoms with E-state index in [9.17, 15) is 4.79 Å². The molecule has 1 N–H and O–H groups in total. The molecule has 0 spiro atoms. The second-order valence-electron chi connectivity index (χ2n) is 5.92. The Morgan fingerprint density at radius 2 is 1.67 bits per heavy atom. The number of carbonyl (C=O) groups is 1. The van der Waals surface area contributed by atoms with E-state index in [-0.39, 0.29) is 5.91 Å². The highest BCUT2D eigenvalue weighted by Gasteiger charge is 2.18.